The number of aryl methyl sites for hydroxylation is 1. The summed E-state index contributed by atoms with van der Waals surface area (Å²) in [5.41, 5.74) is -1.47. The zero-order valence-electron chi connectivity index (χ0n) is 19.9. The molecular weight excluding hydrogens is 516 g/mol. The first-order valence-electron chi connectivity index (χ1n) is 11.2. The molecule has 2 heterocycles. The van der Waals surface area contributed by atoms with Gasteiger partial charge in [0.2, 0.25) is 0 Å². The van der Waals surface area contributed by atoms with Gasteiger partial charge in [0, 0.05) is 18.7 Å². The Balaban J connectivity index is 2.02. The second-order valence-electron chi connectivity index (χ2n) is 7.91. The van der Waals surface area contributed by atoms with Crippen molar-refractivity contribution >= 4 is 27.6 Å². The minimum absolute atomic E-state index is 0.0903. The van der Waals surface area contributed by atoms with Gasteiger partial charge in [-0.2, -0.15) is 21.6 Å². The van der Waals surface area contributed by atoms with Crippen LogP contribution in [0.4, 0.5) is 29.2 Å². The molecule has 8 nitrogen and oxygen atoms in total. The Morgan fingerprint density at radius 3 is 2.43 bits per heavy atom. The van der Waals surface area contributed by atoms with E-state index in [1.807, 2.05) is 0 Å². The summed E-state index contributed by atoms with van der Waals surface area (Å²) in [7, 11) is -4.40. The van der Waals surface area contributed by atoms with E-state index < -0.39 is 50.1 Å². The highest BCUT2D eigenvalue weighted by Gasteiger charge is 2.35. The lowest BCUT2D eigenvalue weighted by Gasteiger charge is -2.21. The number of aromatic nitrogens is 2. The number of carboxylic acids is 1. The van der Waals surface area contributed by atoms with Crippen LogP contribution in [0.3, 0.4) is 0 Å². The van der Waals surface area contributed by atoms with Crippen molar-refractivity contribution in [2.75, 3.05) is 22.7 Å². The maximum Gasteiger partial charge on any atom is 0.418 e. The molecule has 2 aromatic heterocycles. The molecule has 3 rings (SSSR count). The molecule has 1 aromatic carbocycles. The lowest BCUT2D eigenvalue weighted by molar-refractivity contribution is -0.138. The number of sulfonamides is 1. The summed E-state index contributed by atoms with van der Waals surface area (Å²) in [6.07, 6.45) is -4.73. The number of pyridine rings is 2. The standard InChI is InChI=1S/C24H24F4N4O4S/c1-3-15-8-9-16(25)14-17(15)23-18(24(26,27)28)10-11-19(29-23)31-37(35,36)21-7-5-6-20(30-21)32(4-2)13-12-22(33)34/h5-11,14H,3-4,12-13H2,1-2H3,(H,29,31)(H,33,34). The van der Waals surface area contributed by atoms with Crippen LogP contribution in [0, 0.1) is 5.82 Å². The number of hydrogen-bond donors (Lipinski definition) is 2. The second kappa shape index (κ2) is 11.1. The van der Waals surface area contributed by atoms with Crippen molar-refractivity contribution in [1.29, 1.82) is 0 Å². The van der Waals surface area contributed by atoms with Gasteiger partial charge >= 0.3 is 12.1 Å². The molecule has 0 spiro atoms. The van der Waals surface area contributed by atoms with Crippen LogP contribution in [0.1, 0.15) is 31.4 Å². The van der Waals surface area contributed by atoms with E-state index in [0.29, 0.717) is 18.2 Å². The van der Waals surface area contributed by atoms with E-state index in [9.17, 15) is 30.8 Å². The van der Waals surface area contributed by atoms with Crippen LogP contribution in [-0.4, -0.2) is 42.6 Å². The Morgan fingerprint density at radius 2 is 1.81 bits per heavy atom. The zero-order chi connectivity index (χ0) is 27.4. The first-order chi connectivity index (χ1) is 17.4. The van der Waals surface area contributed by atoms with Crippen LogP contribution >= 0.6 is 0 Å². The van der Waals surface area contributed by atoms with Crippen LogP contribution in [0.15, 0.2) is 53.6 Å². The number of nitrogens with one attached hydrogen (secondary N) is 1. The van der Waals surface area contributed by atoms with Gasteiger partial charge < -0.3 is 10.0 Å². The quantitative estimate of drug-likeness (QED) is 0.349. The molecule has 0 saturated carbocycles. The average Bonchev–Trinajstić information content (AvgIpc) is 2.83. The Labute approximate surface area is 211 Å². The predicted molar refractivity (Wildman–Crippen MR) is 129 cm³/mol. The second-order valence-corrected chi connectivity index (χ2v) is 9.54. The SMILES string of the molecule is CCc1ccc(F)cc1-c1nc(NS(=O)(=O)c2cccc(N(CC)CCC(=O)O)n2)ccc1C(F)(F)F. The molecule has 0 saturated heterocycles. The first-order valence-corrected chi connectivity index (χ1v) is 12.7. The highest BCUT2D eigenvalue weighted by atomic mass is 32.2. The van der Waals surface area contributed by atoms with E-state index in [-0.39, 0.29) is 30.8 Å². The fourth-order valence-electron chi connectivity index (χ4n) is 3.61. The van der Waals surface area contributed by atoms with Gasteiger partial charge in [-0.15, -0.1) is 0 Å². The molecule has 0 aliphatic heterocycles. The van der Waals surface area contributed by atoms with E-state index >= 15 is 0 Å². The summed E-state index contributed by atoms with van der Waals surface area (Å²) >= 11 is 0. The average molecular weight is 541 g/mol. The third-order valence-corrected chi connectivity index (χ3v) is 6.69. The molecule has 0 amide bonds. The van der Waals surface area contributed by atoms with Crippen LogP contribution in [0.5, 0.6) is 0 Å². The summed E-state index contributed by atoms with van der Waals surface area (Å²) in [5.74, 6) is -2.00. The monoisotopic (exact) mass is 540 g/mol. The van der Waals surface area contributed by atoms with Gasteiger partial charge in [-0.25, -0.2) is 14.4 Å². The number of hydrogen-bond acceptors (Lipinski definition) is 6. The summed E-state index contributed by atoms with van der Waals surface area (Å²) in [5, 5.41) is 8.48. The summed E-state index contributed by atoms with van der Waals surface area (Å²) in [4.78, 5) is 20.5. The largest absolute Gasteiger partial charge is 0.481 e. The lowest BCUT2D eigenvalue weighted by atomic mass is 9.98. The number of nitrogens with zero attached hydrogens (tertiary/aromatic N) is 3. The molecule has 13 heteroatoms. The Kier molecular flexibility index (Phi) is 8.36. The van der Waals surface area contributed by atoms with Crippen molar-refractivity contribution in [2.45, 2.75) is 37.9 Å². The Hall–Kier alpha value is -3.74. The summed E-state index contributed by atoms with van der Waals surface area (Å²) < 4.78 is 83.4. The third-order valence-electron chi connectivity index (χ3n) is 5.43. The van der Waals surface area contributed by atoms with Gasteiger partial charge in [0.25, 0.3) is 10.0 Å². The maximum absolute atomic E-state index is 14.0. The zero-order valence-corrected chi connectivity index (χ0v) is 20.7. The van der Waals surface area contributed by atoms with Crippen molar-refractivity contribution in [2.24, 2.45) is 0 Å². The molecule has 0 aliphatic rings. The smallest absolute Gasteiger partial charge is 0.418 e. The normalized spacial score (nSPS) is 11.8. The highest BCUT2D eigenvalue weighted by molar-refractivity contribution is 7.92. The van der Waals surface area contributed by atoms with Crippen LogP contribution < -0.4 is 9.62 Å². The molecule has 0 unspecified atom stereocenters. The van der Waals surface area contributed by atoms with Gasteiger partial charge in [0.05, 0.1) is 17.7 Å². The Morgan fingerprint density at radius 1 is 1.08 bits per heavy atom. The molecule has 0 radical (unpaired) electrons. The van der Waals surface area contributed by atoms with Gasteiger partial charge in [0.1, 0.15) is 17.5 Å². The predicted octanol–water partition coefficient (Wildman–Crippen LogP) is 4.97. The van der Waals surface area contributed by atoms with Crippen LogP contribution in [-0.2, 0) is 27.4 Å². The van der Waals surface area contributed by atoms with E-state index in [2.05, 4.69) is 14.7 Å². The van der Waals surface area contributed by atoms with Crippen molar-refractivity contribution in [3.05, 3.63) is 65.5 Å². The van der Waals surface area contributed by atoms with E-state index in [1.54, 1.807) is 18.7 Å². The fourth-order valence-corrected chi connectivity index (χ4v) is 4.58. The number of alkyl halides is 3. The molecule has 198 valence electrons. The minimum Gasteiger partial charge on any atom is -0.481 e. The van der Waals surface area contributed by atoms with Crippen molar-refractivity contribution in [3.63, 3.8) is 0 Å². The number of carboxylic acid groups (broad SMARTS) is 1. The third kappa shape index (κ3) is 6.73. The molecule has 37 heavy (non-hydrogen) atoms. The van der Waals surface area contributed by atoms with E-state index in [0.717, 1.165) is 18.2 Å². The number of rotatable bonds is 10. The maximum atomic E-state index is 14.0. The van der Waals surface area contributed by atoms with Crippen molar-refractivity contribution < 1.29 is 35.9 Å². The molecule has 0 bridgehead atoms. The summed E-state index contributed by atoms with van der Waals surface area (Å²) in [6.45, 7) is 3.88. The number of aliphatic carboxylic acids is 1. The van der Waals surface area contributed by atoms with Gasteiger partial charge in [0.15, 0.2) is 5.03 Å². The highest BCUT2D eigenvalue weighted by Crippen LogP contribution is 2.38. The van der Waals surface area contributed by atoms with Crippen LogP contribution in [0.2, 0.25) is 0 Å². The molecule has 2 N–H and O–H groups in total. The minimum atomic E-state index is -4.83. The number of benzene rings is 1. The molecule has 3 aromatic rings. The van der Waals surface area contributed by atoms with Crippen LogP contribution in [0.25, 0.3) is 11.3 Å². The van der Waals surface area contributed by atoms with Gasteiger partial charge in [-0.3, -0.25) is 9.52 Å². The number of carbonyl (C=O) groups is 1. The van der Waals surface area contributed by atoms with Gasteiger partial charge in [-0.1, -0.05) is 19.1 Å². The number of halogens is 4. The van der Waals surface area contributed by atoms with E-state index in [4.69, 9.17) is 5.11 Å². The molecular formula is C24H24F4N4O4S. The van der Waals surface area contributed by atoms with E-state index in [1.165, 1.54) is 24.3 Å². The Bertz CT molecular complexity index is 1400. The summed E-state index contributed by atoms with van der Waals surface area (Å²) in [6, 6.07) is 9.05. The molecule has 0 aliphatic carbocycles. The number of anilines is 2. The fraction of sp³-hybridized carbons (Fsp3) is 0.292. The van der Waals surface area contributed by atoms with Gasteiger partial charge in [-0.05, 0) is 55.3 Å². The first kappa shape index (κ1) is 27.8. The molecule has 0 fully saturated rings. The van der Waals surface area contributed by atoms with Crippen molar-refractivity contribution in [1.82, 2.24) is 9.97 Å². The topological polar surface area (TPSA) is 112 Å². The lowest BCUT2D eigenvalue weighted by Crippen LogP contribution is -2.27. The molecule has 0 atom stereocenters. The van der Waals surface area contributed by atoms with Crippen molar-refractivity contribution in [3.8, 4) is 11.3 Å².